The third kappa shape index (κ3) is 1.71. The lowest BCUT2D eigenvalue weighted by Crippen LogP contribution is -2.51. The molecule has 3 N–H and O–H groups in total. The molecule has 0 aromatic rings. The standard InChI is InChI=1S/C8H12F3NO4/c1-4-5(2-13)12(6(14)15)3-7(4,16)8(9,10)11/h4-5,13,16H,2-3H2,1H3,(H,14,15). The fraction of sp³-hybridized carbons (Fsp3) is 0.875. The lowest BCUT2D eigenvalue weighted by Gasteiger charge is -2.29. The van der Waals surface area contributed by atoms with E-state index in [0.29, 0.717) is 4.90 Å². The molecule has 1 heterocycles. The van der Waals surface area contributed by atoms with Crippen molar-refractivity contribution in [1.82, 2.24) is 4.90 Å². The number of halogens is 3. The number of hydrogen-bond acceptors (Lipinski definition) is 3. The van der Waals surface area contributed by atoms with Crippen molar-refractivity contribution in [2.45, 2.75) is 24.7 Å². The second-order valence-corrected chi connectivity index (χ2v) is 3.87. The summed E-state index contributed by atoms with van der Waals surface area (Å²) in [7, 11) is 0. The Morgan fingerprint density at radius 2 is 2.06 bits per heavy atom. The number of nitrogens with zero attached hydrogens (tertiary/aromatic N) is 1. The van der Waals surface area contributed by atoms with Crippen LogP contribution in [0.4, 0.5) is 18.0 Å². The first kappa shape index (κ1) is 13.0. The molecule has 0 aliphatic carbocycles. The molecule has 5 nitrogen and oxygen atoms in total. The SMILES string of the molecule is CC1C(CO)N(C(=O)O)CC1(O)C(F)(F)F. The highest BCUT2D eigenvalue weighted by Gasteiger charge is 2.65. The van der Waals surface area contributed by atoms with Gasteiger partial charge in [0.2, 0.25) is 0 Å². The van der Waals surface area contributed by atoms with Crippen molar-refractivity contribution in [1.29, 1.82) is 0 Å². The van der Waals surface area contributed by atoms with Gasteiger partial charge in [0, 0.05) is 5.92 Å². The first-order valence-corrected chi connectivity index (χ1v) is 4.54. The van der Waals surface area contributed by atoms with Crippen molar-refractivity contribution < 1.29 is 33.3 Å². The molecule has 1 saturated heterocycles. The molecule has 1 aliphatic rings. The van der Waals surface area contributed by atoms with Crippen LogP contribution >= 0.6 is 0 Å². The lowest BCUT2D eigenvalue weighted by molar-refractivity contribution is -0.267. The third-order valence-corrected chi connectivity index (χ3v) is 3.07. The maximum Gasteiger partial charge on any atom is 0.419 e. The van der Waals surface area contributed by atoms with Crippen molar-refractivity contribution in [2.24, 2.45) is 5.92 Å². The van der Waals surface area contributed by atoms with Crippen molar-refractivity contribution in [3.63, 3.8) is 0 Å². The van der Waals surface area contributed by atoms with E-state index in [-0.39, 0.29) is 0 Å². The molecule has 0 bridgehead atoms. The van der Waals surface area contributed by atoms with Crippen LogP contribution in [0.1, 0.15) is 6.92 Å². The fourth-order valence-corrected chi connectivity index (χ4v) is 1.92. The van der Waals surface area contributed by atoms with E-state index in [1.807, 2.05) is 0 Å². The van der Waals surface area contributed by atoms with E-state index < -0.39 is 43.0 Å². The predicted octanol–water partition coefficient (Wildman–Crippen LogP) is 0.270. The zero-order valence-corrected chi connectivity index (χ0v) is 8.40. The van der Waals surface area contributed by atoms with Gasteiger partial charge in [-0.25, -0.2) is 4.79 Å². The fourth-order valence-electron chi connectivity index (χ4n) is 1.92. The molecular weight excluding hydrogens is 231 g/mol. The zero-order chi connectivity index (χ0) is 12.7. The highest BCUT2D eigenvalue weighted by atomic mass is 19.4. The molecule has 1 fully saturated rings. The quantitative estimate of drug-likeness (QED) is 0.617. The van der Waals surface area contributed by atoms with E-state index in [9.17, 15) is 23.1 Å². The number of hydrogen-bond donors (Lipinski definition) is 3. The molecule has 16 heavy (non-hydrogen) atoms. The zero-order valence-electron chi connectivity index (χ0n) is 8.40. The van der Waals surface area contributed by atoms with E-state index in [2.05, 4.69) is 0 Å². The van der Waals surface area contributed by atoms with Crippen molar-refractivity contribution in [3.8, 4) is 0 Å². The van der Waals surface area contributed by atoms with Crippen LogP contribution in [0.5, 0.6) is 0 Å². The number of alkyl halides is 3. The van der Waals surface area contributed by atoms with Crippen molar-refractivity contribution in [3.05, 3.63) is 0 Å². The summed E-state index contributed by atoms with van der Waals surface area (Å²) in [5.74, 6) is -1.41. The van der Waals surface area contributed by atoms with Gasteiger partial charge in [0.15, 0.2) is 5.60 Å². The highest BCUT2D eigenvalue weighted by Crippen LogP contribution is 2.44. The van der Waals surface area contributed by atoms with Crippen LogP contribution in [0.15, 0.2) is 0 Å². The minimum Gasteiger partial charge on any atom is -0.465 e. The topological polar surface area (TPSA) is 81.0 Å². The van der Waals surface area contributed by atoms with Gasteiger partial charge in [-0.2, -0.15) is 13.2 Å². The number of rotatable bonds is 1. The van der Waals surface area contributed by atoms with Gasteiger partial charge in [0.05, 0.1) is 19.2 Å². The largest absolute Gasteiger partial charge is 0.465 e. The Morgan fingerprint density at radius 1 is 1.56 bits per heavy atom. The van der Waals surface area contributed by atoms with E-state index in [1.165, 1.54) is 0 Å². The molecule has 3 atom stereocenters. The van der Waals surface area contributed by atoms with Crippen molar-refractivity contribution >= 4 is 6.09 Å². The van der Waals surface area contributed by atoms with E-state index in [1.54, 1.807) is 0 Å². The van der Waals surface area contributed by atoms with Crippen molar-refractivity contribution in [2.75, 3.05) is 13.2 Å². The number of carbonyl (C=O) groups is 1. The molecule has 8 heteroatoms. The summed E-state index contributed by atoms with van der Waals surface area (Å²) in [5.41, 5.74) is -3.10. The molecule has 94 valence electrons. The monoisotopic (exact) mass is 243 g/mol. The number of carboxylic acid groups (broad SMARTS) is 1. The molecule has 0 radical (unpaired) electrons. The minimum atomic E-state index is -4.93. The van der Waals surface area contributed by atoms with Crippen LogP contribution in [-0.4, -0.2) is 57.3 Å². The first-order valence-electron chi connectivity index (χ1n) is 4.54. The van der Waals surface area contributed by atoms with Gasteiger partial charge in [0.25, 0.3) is 0 Å². The van der Waals surface area contributed by atoms with Gasteiger partial charge in [-0.05, 0) is 0 Å². The average molecular weight is 243 g/mol. The maximum absolute atomic E-state index is 12.6. The summed E-state index contributed by atoms with van der Waals surface area (Å²) < 4.78 is 37.8. The Morgan fingerprint density at radius 3 is 2.31 bits per heavy atom. The number of likely N-dealkylation sites (tertiary alicyclic amines) is 1. The summed E-state index contributed by atoms with van der Waals surface area (Å²) in [6, 6.07) is -1.25. The number of aliphatic hydroxyl groups excluding tert-OH is 1. The predicted molar refractivity (Wildman–Crippen MR) is 45.8 cm³/mol. The van der Waals surface area contributed by atoms with Crippen LogP contribution in [0.25, 0.3) is 0 Å². The highest BCUT2D eigenvalue weighted by molar-refractivity contribution is 5.66. The third-order valence-electron chi connectivity index (χ3n) is 3.07. The van der Waals surface area contributed by atoms with Crippen LogP contribution in [0.2, 0.25) is 0 Å². The summed E-state index contributed by atoms with van der Waals surface area (Å²) in [6.45, 7) is -0.762. The second-order valence-electron chi connectivity index (χ2n) is 3.87. The summed E-state index contributed by atoms with van der Waals surface area (Å²) >= 11 is 0. The van der Waals surface area contributed by atoms with Crippen LogP contribution in [0, 0.1) is 5.92 Å². The molecule has 3 unspecified atom stereocenters. The van der Waals surface area contributed by atoms with E-state index >= 15 is 0 Å². The molecule has 0 saturated carbocycles. The molecule has 1 aliphatic heterocycles. The maximum atomic E-state index is 12.6. The van der Waals surface area contributed by atoms with Gasteiger partial charge in [-0.3, -0.25) is 4.90 Å². The number of β-amino-alcohol motifs (C(OH)–C–C–N with tert-alkyl or cyclic N) is 1. The average Bonchev–Trinajstić information content (AvgIpc) is 2.40. The molecular formula is C8H12F3NO4. The Hall–Kier alpha value is -1.02. The van der Waals surface area contributed by atoms with Crippen LogP contribution in [0.3, 0.4) is 0 Å². The minimum absolute atomic E-state index is 0.415. The smallest absolute Gasteiger partial charge is 0.419 e. The Labute approximate surface area is 89.1 Å². The molecule has 0 aromatic heterocycles. The Bertz CT molecular complexity index is 295. The van der Waals surface area contributed by atoms with Gasteiger partial charge in [-0.15, -0.1) is 0 Å². The molecule has 1 rings (SSSR count). The van der Waals surface area contributed by atoms with Gasteiger partial charge in [0.1, 0.15) is 0 Å². The lowest BCUT2D eigenvalue weighted by atomic mass is 9.88. The Balaban J connectivity index is 3.07. The van der Waals surface area contributed by atoms with E-state index in [4.69, 9.17) is 10.2 Å². The Kier molecular flexibility index (Phi) is 3.08. The molecule has 0 spiro atoms. The van der Waals surface area contributed by atoms with Gasteiger partial charge < -0.3 is 15.3 Å². The van der Waals surface area contributed by atoms with Crippen LogP contribution in [-0.2, 0) is 0 Å². The second kappa shape index (κ2) is 3.77. The molecule has 0 aromatic carbocycles. The normalized spacial score (nSPS) is 35.5. The summed E-state index contributed by atoms with van der Waals surface area (Å²) in [4.78, 5) is 11.1. The van der Waals surface area contributed by atoms with Crippen LogP contribution < -0.4 is 0 Å². The number of amides is 1. The molecule has 1 amide bonds. The van der Waals surface area contributed by atoms with E-state index in [0.717, 1.165) is 6.92 Å². The van der Waals surface area contributed by atoms with Gasteiger partial charge in [-0.1, -0.05) is 6.92 Å². The number of aliphatic hydroxyl groups is 2. The first-order chi connectivity index (χ1) is 7.15. The van der Waals surface area contributed by atoms with Gasteiger partial charge >= 0.3 is 12.3 Å². The summed E-state index contributed by atoms with van der Waals surface area (Å²) in [6.07, 6.45) is -6.52. The summed E-state index contributed by atoms with van der Waals surface area (Å²) in [5, 5.41) is 27.0.